The Morgan fingerprint density at radius 2 is 1.13 bits per heavy atom. The van der Waals surface area contributed by atoms with E-state index in [-0.39, 0.29) is 29.8 Å². The Hall–Kier alpha value is -7.43. The van der Waals surface area contributed by atoms with Gasteiger partial charge in [0.15, 0.2) is 0 Å². The maximum Gasteiger partial charge on any atom is 0.407 e. The number of alkyl carbamates (subject to hydrolysis) is 2. The van der Waals surface area contributed by atoms with E-state index in [0.717, 1.165) is 101 Å². The van der Waals surface area contributed by atoms with E-state index in [0.29, 0.717) is 25.3 Å². The molecular formula is C53H63N11O6. The third-order valence-corrected chi connectivity index (χ3v) is 14.0. The van der Waals surface area contributed by atoms with Gasteiger partial charge < -0.3 is 49.3 Å². The molecule has 6 aromatic rings. The van der Waals surface area contributed by atoms with Crippen LogP contribution in [0.2, 0.25) is 0 Å². The smallest absolute Gasteiger partial charge is 0.407 e. The van der Waals surface area contributed by atoms with Crippen LogP contribution in [0.3, 0.4) is 0 Å². The molecule has 4 unspecified atom stereocenters. The predicted molar refractivity (Wildman–Crippen MR) is 267 cm³/mol. The maximum atomic E-state index is 13.8. The number of nitrogens with one attached hydrogen (secondary N) is 4. The highest BCUT2D eigenvalue weighted by Gasteiger charge is 2.38. The highest BCUT2D eigenvalue weighted by molar-refractivity contribution is 5.87. The van der Waals surface area contributed by atoms with E-state index in [2.05, 4.69) is 103 Å². The number of nitrogens with zero attached hydrogens (tertiary/aromatic N) is 7. The minimum absolute atomic E-state index is 0.122. The molecule has 3 aliphatic rings. The molecule has 3 fully saturated rings. The Morgan fingerprint density at radius 1 is 0.614 bits per heavy atom. The average Bonchev–Trinajstić information content (AvgIpc) is 4.27. The van der Waals surface area contributed by atoms with Crippen molar-refractivity contribution >= 4 is 29.8 Å². The highest BCUT2D eigenvalue weighted by Crippen LogP contribution is 2.37. The standard InChI is InChI=1S/C53H63N11O6/c1-6-39(59-52(67)69-4)50(65)62-28-10-12-44(62)48-55-31-40(57-48)34-14-18-36(19-15-34)42-23-24-43(64(42)38-22-25-46(54-30-38)61-26-8-7-9-27-61)37-20-16-35(17-21-37)41-32-56-49(58-41)45-13-11-29-63(45)51(66)47(33(2)3)60-53(68)70-5/h14-25,30-33,39,44-45,47H,6-13,26-29H2,1-5H3,(H,55,57)(H,56,58)(H,59,67)(H,60,68). The number of carbonyl (C=O) groups is 4. The summed E-state index contributed by atoms with van der Waals surface area (Å²) in [5.41, 5.74) is 8.61. The van der Waals surface area contributed by atoms with Gasteiger partial charge in [0.2, 0.25) is 11.8 Å². The fourth-order valence-electron chi connectivity index (χ4n) is 10.2. The normalized spacial score (nSPS) is 17.9. The molecule has 0 bridgehead atoms. The van der Waals surface area contributed by atoms with Gasteiger partial charge in [-0.1, -0.05) is 69.3 Å². The molecule has 0 aliphatic carbocycles. The number of benzene rings is 2. The Morgan fingerprint density at radius 3 is 1.61 bits per heavy atom. The molecule has 17 nitrogen and oxygen atoms in total. The molecule has 366 valence electrons. The summed E-state index contributed by atoms with van der Waals surface area (Å²) in [6.45, 7) is 8.87. The van der Waals surface area contributed by atoms with E-state index < -0.39 is 24.3 Å². The number of hydrogen-bond acceptors (Lipinski definition) is 10. The van der Waals surface area contributed by atoms with Gasteiger partial charge >= 0.3 is 12.2 Å². The van der Waals surface area contributed by atoms with Crippen molar-refractivity contribution < 1.29 is 28.7 Å². The Bertz CT molecular complexity index is 2770. The van der Waals surface area contributed by atoms with Crippen molar-refractivity contribution in [3.63, 3.8) is 0 Å². The molecule has 70 heavy (non-hydrogen) atoms. The van der Waals surface area contributed by atoms with Gasteiger partial charge in [0.25, 0.3) is 0 Å². The predicted octanol–water partition coefficient (Wildman–Crippen LogP) is 8.82. The Kier molecular flexibility index (Phi) is 14.3. The highest BCUT2D eigenvalue weighted by atomic mass is 16.5. The summed E-state index contributed by atoms with van der Waals surface area (Å²) in [7, 11) is 2.59. The van der Waals surface area contributed by atoms with Crippen molar-refractivity contribution in [2.45, 2.75) is 96.3 Å². The first-order chi connectivity index (χ1) is 34.0. The summed E-state index contributed by atoms with van der Waals surface area (Å²) in [5, 5.41) is 5.39. The van der Waals surface area contributed by atoms with E-state index in [1.54, 1.807) is 0 Å². The van der Waals surface area contributed by atoms with E-state index >= 15 is 0 Å². The number of pyridine rings is 1. The van der Waals surface area contributed by atoms with Crippen LogP contribution in [-0.4, -0.2) is 116 Å². The molecular weight excluding hydrogens is 887 g/mol. The minimum atomic E-state index is -0.706. The second-order valence-corrected chi connectivity index (χ2v) is 18.7. The van der Waals surface area contributed by atoms with Gasteiger partial charge in [0.05, 0.1) is 73.4 Å². The van der Waals surface area contributed by atoms with Crippen LogP contribution < -0.4 is 15.5 Å². The molecule has 17 heteroatoms. The van der Waals surface area contributed by atoms with Crippen LogP contribution in [0.4, 0.5) is 15.4 Å². The van der Waals surface area contributed by atoms with Gasteiger partial charge in [-0.25, -0.2) is 24.5 Å². The molecule has 4 aromatic heterocycles. The number of methoxy groups -OCH3 is 2. The largest absolute Gasteiger partial charge is 0.453 e. The third-order valence-electron chi connectivity index (χ3n) is 14.0. The summed E-state index contributed by atoms with van der Waals surface area (Å²) >= 11 is 0. The number of likely N-dealkylation sites (tertiary alicyclic amines) is 2. The molecule has 4 amide bonds. The molecule has 2 aromatic carbocycles. The van der Waals surface area contributed by atoms with Crippen LogP contribution in [0.25, 0.3) is 50.7 Å². The van der Waals surface area contributed by atoms with Gasteiger partial charge in [-0.2, -0.15) is 0 Å². The fourth-order valence-corrected chi connectivity index (χ4v) is 10.2. The van der Waals surface area contributed by atoms with Gasteiger partial charge in [0, 0.05) is 26.2 Å². The number of H-pyrrole nitrogens is 2. The molecule has 0 spiro atoms. The third kappa shape index (κ3) is 9.87. The lowest BCUT2D eigenvalue weighted by atomic mass is 10.0. The lowest BCUT2D eigenvalue weighted by molar-refractivity contribution is -0.135. The summed E-state index contributed by atoms with van der Waals surface area (Å²) in [5.74, 6) is 2.01. The van der Waals surface area contributed by atoms with Crippen molar-refractivity contribution in [2.24, 2.45) is 5.92 Å². The molecule has 0 radical (unpaired) electrons. The number of rotatable bonds is 14. The van der Waals surface area contributed by atoms with Crippen LogP contribution in [0.5, 0.6) is 0 Å². The zero-order chi connectivity index (χ0) is 48.9. The van der Waals surface area contributed by atoms with Crippen LogP contribution in [-0.2, 0) is 19.1 Å². The monoisotopic (exact) mass is 949 g/mol. The zero-order valence-electron chi connectivity index (χ0n) is 40.6. The number of piperidine rings is 1. The van der Waals surface area contributed by atoms with E-state index in [4.69, 9.17) is 24.4 Å². The summed E-state index contributed by atoms with van der Waals surface area (Å²) in [4.78, 5) is 78.9. The molecule has 9 rings (SSSR count). The van der Waals surface area contributed by atoms with Gasteiger partial charge in [0.1, 0.15) is 29.6 Å². The fraction of sp³-hybridized carbons (Fsp3) is 0.415. The van der Waals surface area contributed by atoms with Crippen LogP contribution in [0, 0.1) is 5.92 Å². The number of aromatic nitrogens is 6. The maximum absolute atomic E-state index is 13.8. The van der Waals surface area contributed by atoms with Gasteiger partial charge in [-0.05, 0) is 104 Å². The number of carbonyl (C=O) groups excluding carboxylic acids is 4. The van der Waals surface area contributed by atoms with Crippen molar-refractivity contribution in [1.29, 1.82) is 0 Å². The molecule has 3 aliphatic heterocycles. The van der Waals surface area contributed by atoms with Crippen LogP contribution in [0.1, 0.15) is 95.9 Å². The van der Waals surface area contributed by atoms with Crippen LogP contribution >= 0.6 is 0 Å². The molecule has 7 heterocycles. The first-order valence-corrected chi connectivity index (χ1v) is 24.6. The number of amides is 4. The summed E-state index contributed by atoms with van der Waals surface area (Å²) in [6, 6.07) is 23.6. The van der Waals surface area contributed by atoms with Crippen LogP contribution in [0.15, 0.2) is 91.4 Å². The second-order valence-electron chi connectivity index (χ2n) is 18.7. The molecule has 0 saturated carbocycles. The van der Waals surface area contributed by atoms with E-state index in [1.807, 2.05) is 49.2 Å². The SMILES string of the molecule is CCC(NC(=O)OC)C(=O)N1CCCC1c1ncc(-c2ccc(-c3ccc(-c4ccc(-c5cnc(C6CCCN6C(=O)C(NC(=O)OC)C(C)C)[nH]5)cc4)n3-c3ccc(N4CCCCC4)nc3)cc2)[nH]1. The first kappa shape index (κ1) is 47.6. The minimum Gasteiger partial charge on any atom is -0.453 e. The molecule has 4 atom stereocenters. The van der Waals surface area contributed by atoms with Gasteiger partial charge in [-0.3, -0.25) is 9.59 Å². The van der Waals surface area contributed by atoms with Crippen molar-refractivity contribution in [3.8, 4) is 50.7 Å². The van der Waals surface area contributed by atoms with E-state index in [1.165, 1.54) is 33.5 Å². The summed E-state index contributed by atoms with van der Waals surface area (Å²) in [6.07, 6.45) is 11.6. The van der Waals surface area contributed by atoms with Crippen molar-refractivity contribution in [3.05, 3.63) is 103 Å². The van der Waals surface area contributed by atoms with E-state index in [9.17, 15) is 19.2 Å². The Balaban J connectivity index is 0.966. The number of hydrogen-bond donors (Lipinski definition) is 4. The van der Waals surface area contributed by atoms with Gasteiger partial charge in [-0.15, -0.1) is 0 Å². The molecule has 3 saturated heterocycles. The second kappa shape index (κ2) is 21.1. The Labute approximate surface area is 408 Å². The first-order valence-electron chi connectivity index (χ1n) is 24.6. The van der Waals surface area contributed by atoms with Crippen molar-refractivity contribution in [2.75, 3.05) is 45.3 Å². The number of anilines is 1. The number of aromatic amines is 2. The quantitative estimate of drug-likeness (QED) is 0.0819. The summed E-state index contributed by atoms with van der Waals surface area (Å²) < 4.78 is 11.8. The molecule has 4 N–H and O–H groups in total. The average molecular weight is 950 g/mol. The number of imidazole rings is 2. The topological polar surface area (TPSA) is 196 Å². The lowest BCUT2D eigenvalue weighted by Crippen LogP contribution is -2.51. The lowest BCUT2D eigenvalue weighted by Gasteiger charge is -2.30. The van der Waals surface area contributed by atoms with Crippen molar-refractivity contribution in [1.82, 2.24) is 49.9 Å². The number of ether oxygens (including phenoxy) is 2. The zero-order valence-corrected chi connectivity index (χ0v) is 40.6.